The van der Waals surface area contributed by atoms with Crippen LogP contribution in [0.2, 0.25) is 0 Å². The number of rotatable bonds is 5. The smallest absolute Gasteiger partial charge is 0.273 e. The maximum absolute atomic E-state index is 13.6. The van der Waals surface area contributed by atoms with Crippen molar-refractivity contribution in [2.24, 2.45) is 11.0 Å². The molecular formula is C26H24F2N6O3S. The first-order valence-corrected chi connectivity index (χ1v) is 12.6. The Bertz CT molecular complexity index is 1520. The molecule has 9 nitrogen and oxygen atoms in total. The minimum atomic E-state index is -2.72. The summed E-state index contributed by atoms with van der Waals surface area (Å²) < 4.78 is 34.2. The first-order chi connectivity index (χ1) is 18.2. The van der Waals surface area contributed by atoms with Gasteiger partial charge in [-0.05, 0) is 48.9 Å². The minimum Gasteiger partial charge on any atom is -0.496 e. The molecule has 2 aliphatic rings. The SMILES string of the molecule is COc1ccc(C(F)F)cc1-c1cn2cc(C(=O)N(C)C)nc2cc1C(=O)NC1=NNC(C#CC2CC2)S1. The van der Waals surface area contributed by atoms with Crippen molar-refractivity contribution >= 4 is 34.4 Å². The quantitative estimate of drug-likeness (QED) is 0.481. The number of aromatic nitrogens is 2. The van der Waals surface area contributed by atoms with Gasteiger partial charge in [0.1, 0.15) is 17.1 Å². The standard InChI is InChI=1S/C26H24F2N6O3S/c1-33(2)25(36)19-13-34-12-18(16-10-15(23(27)28)7-8-20(16)37-3)17(11-21(34)29-19)24(35)30-26-32-31-22(38-26)9-6-14-4-5-14/h7-8,10-14,22-23,31H,4-5H2,1-3H3,(H,30,32,35). The minimum absolute atomic E-state index is 0.146. The summed E-state index contributed by atoms with van der Waals surface area (Å²) in [6.07, 6.45) is 2.58. The number of imidazole rings is 1. The molecule has 1 aromatic carbocycles. The van der Waals surface area contributed by atoms with Gasteiger partial charge in [-0.2, -0.15) is 5.10 Å². The van der Waals surface area contributed by atoms with Crippen LogP contribution in [-0.2, 0) is 0 Å². The van der Waals surface area contributed by atoms with Crippen molar-refractivity contribution in [1.82, 2.24) is 25.0 Å². The average Bonchev–Trinajstić information content (AvgIpc) is 3.47. The van der Waals surface area contributed by atoms with E-state index >= 15 is 0 Å². The molecule has 0 spiro atoms. The second kappa shape index (κ2) is 10.3. The highest BCUT2D eigenvalue weighted by Gasteiger charge is 2.25. The number of nitrogens with one attached hydrogen (secondary N) is 2. The molecule has 1 aliphatic heterocycles. The predicted octanol–water partition coefficient (Wildman–Crippen LogP) is 3.73. The summed E-state index contributed by atoms with van der Waals surface area (Å²) in [6.45, 7) is 0. The molecule has 1 saturated carbocycles. The summed E-state index contributed by atoms with van der Waals surface area (Å²) in [5.41, 5.74) is 3.92. The van der Waals surface area contributed by atoms with E-state index in [0.717, 1.165) is 12.8 Å². The molecule has 1 fully saturated rings. The third-order valence-electron chi connectivity index (χ3n) is 5.96. The molecule has 2 aromatic heterocycles. The number of hydrogen-bond donors (Lipinski definition) is 2. The molecule has 1 atom stereocenters. The van der Waals surface area contributed by atoms with Crippen molar-refractivity contribution < 1.29 is 23.1 Å². The van der Waals surface area contributed by atoms with Gasteiger partial charge in [0, 0.05) is 49.1 Å². The molecule has 5 rings (SSSR count). The molecule has 3 heterocycles. The van der Waals surface area contributed by atoms with Crippen LogP contribution in [0.15, 0.2) is 41.8 Å². The number of pyridine rings is 1. The summed E-state index contributed by atoms with van der Waals surface area (Å²) in [4.78, 5) is 31.8. The summed E-state index contributed by atoms with van der Waals surface area (Å²) in [6, 6.07) is 5.50. The summed E-state index contributed by atoms with van der Waals surface area (Å²) in [7, 11) is 4.63. The maximum Gasteiger partial charge on any atom is 0.273 e. The Morgan fingerprint density at radius 1 is 1.21 bits per heavy atom. The summed E-state index contributed by atoms with van der Waals surface area (Å²) in [5, 5.41) is 6.99. The van der Waals surface area contributed by atoms with Gasteiger partial charge in [-0.3, -0.25) is 20.3 Å². The lowest BCUT2D eigenvalue weighted by atomic mass is 9.98. The Morgan fingerprint density at radius 3 is 2.68 bits per heavy atom. The van der Waals surface area contributed by atoms with Gasteiger partial charge in [-0.25, -0.2) is 13.8 Å². The second-order valence-electron chi connectivity index (χ2n) is 9.01. The van der Waals surface area contributed by atoms with E-state index in [9.17, 15) is 18.4 Å². The van der Waals surface area contributed by atoms with Gasteiger partial charge in [0.05, 0.1) is 12.7 Å². The van der Waals surface area contributed by atoms with Gasteiger partial charge in [0.2, 0.25) is 0 Å². The molecule has 0 bridgehead atoms. The van der Waals surface area contributed by atoms with Crippen molar-refractivity contribution in [2.45, 2.75) is 24.6 Å². The summed E-state index contributed by atoms with van der Waals surface area (Å²) in [5.74, 6) is 6.15. The van der Waals surface area contributed by atoms with E-state index in [1.807, 2.05) is 0 Å². The molecule has 0 radical (unpaired) electrons. The number of amidine groups is 1. The van der Waals surface area contributed by atoms with Gasteiger partial charge in [-0.1, -0.05) is 11.8 Å². The van der Waals surface area contributed by atoms with Crippen LogP contribution in [0.5, 0.6) is 5.75 Å². The Morgan fingerprint density at radius 2 is 2.00 bits per heavy atom. The van der Waals surface area contributed by atoms with Crippen LogP contribution >= 0.6 is 11.8 Å². The Hall–Kier alpha value is -4.11. The van der Waals surface area contributed by atoms with Gasteiger partial charge < -0.3 is 14.0 Å². The van der Waals surface area contributed by atoms with Gasteiger partial charge in [0.25, 0.3) is 18.2 Å². The van der Waals surface area contributed by atoms with E-state index < -0.39 is 12.3 Å². The van der Waals surface area contributed by atoms with Crippen molar-refractivity contribution in [2.75, 3.05) is 21.2 Å². The number of ether oxygens (including phenoxy) is 1. The van der Waals surface area contributed by atoms with Crippen LogP contribution in [0.25, 0.3) is 16.8 Å². The number of nitrogens with zero attached hydrogens (tertiary/aromatic N) is 4. The van der Waals surface area contributed by atoms with Gasteiger partial charge >= 0.3 is 0 Å². The van der Waals surface area contributed by atoms with Crippen LogP contribution in [0.4, 0.5) is 8.78 Å². The molecule has 12 heteroatoms. The number of thioether (sulfide) groups is 1. The number of fused-ring (bicyclic) bond motifs is 1. The highest BCUT2D eigenvalue weighted by Crippen LogP contribution is 2.36. The Balaban J connectivity index is 1.55. The maximum atomic E-state index is 13.6. The predicted molar refractivity (Wildman–Crippen MR) is 140 cm³/mol. The van der Waals surface area contributed by atoms with E-state index in [-0.39, 0.29) is 28.1 Å². The molecule has 2 N–H and O–H groups in total. The first-order valence-electron chi connectivity index (χ1n) is 11.8. The number of halogens is 2. The fourth-order valence-electron chi connectivity index (χ4n) is 3.83. The number of carbonyl (C=O) groups is 2. The van der Waals surface area contributed by atoms with Crippen LogP contribution < -0.4 is 15.5 Å². The van der Waals surface area contributed by atoms with E-state index in [0.29, 0.717) is 33.6 Å². The molecule has 3 aromatic rings. The monoisotopic (exact) mass is 538 g/mol. The van der Waals surface area contributed by atoms with Gasteiger partial charge in [0.15, 0.2) is 10.5 Å². The zero-order valence-corrected chi connectivity index (χ0v) is 21.6. The van der Waals surface area contributed by atoms with Crippen LogP contribution in [0.1, 0.15) is 45.7 Å². The van der Waals surface area contributed by atoms with Gasteiger partial charge in [-0.15, -0.1) is 0 Å². The third kappa shape index (κ3) is 5.28. The van der Waals surface area contributed by atoms with Crippen molar-refractivity contribution in [3.63, 3.8) is 0 Å². The van der Waals surface area contributed by atoms with E-state index in [2.05, 4.69) is 32.7 Å². The number of methoxy groups -OCH3 is 1. The van der Waals surface area contributed by atoms with Crippen LogP contribution in [-0.4, -0.2) is 57.8 Å². The zero-order chi connectivity index (χ0) is 27.0. The Kier molecular flexibility index (Phi) is 6.94. The average molecular weight is 539 g/mol. The molecule has 2 amide bonds. The number of carbonyl (C=O) groups excluding carboxylic acids is 2. The highest BCUT2D eigenvalue weighted by atomic mass is 32.2. The molecule has 1 unspecified atom stereocenters. The van der Waals surface area contributed by atoms with E-state index in [1.165, 1.54) is 54.2 Å². The highest BCUT2D eigenvalue weighted by molar-refractivity contribution is 8.14. The topological polar surface area (TPSA) is 100 Å². The van der Waals surface area contributed by atoms with E-state index in [4.69, 9.17) is 4.74 Å². The lowest BCUT2D eigenvalue weighted by Crippen LogP contribution is -2.28. The fraction of sp³-hybridized carbons (Fsp3) is 0.308. The molecule has 1 aliphatic carbocycles. The van der Waals surface area contributed by atoms with E-state index in [1.54, 1.807) is 24.7 Å². The normalized spacial score (nSPS) is 16.5. The van der Waals surface area contributed by atoms with Crippen molar-refractivity contribution in [3.8, 4) is 28.7 Å². The third-order valence-corrected chi connectivity index (χ3v) is 6.83. The first kappa shape index (κ1) is 25.5. The number of benzene rings is 1. The molecule has 0 saturated heterocycles. The second-order valence-corrected chi connectivity index (χ2v) is 10.1. The zero-order valence-electron chi connectivity index (χ0n) is 20.8. The lowest BCUT2D eigenvalue weighted by molar-refractivity contribution is 0.0822. The van der Waals surface area contributed by atoms with Crippen LogP contribution in [0.3, 0.4) is 0 Å². The van der Waals surface area contributed by atoms with Crippen LogP contribution in [0, 0.1) is 17.8 Å². The Labute approximate surface area is 221 Å². The fourth-order valence-corrected chi connectivity index (χ4v) is 4.54. The van der Waals surface area contributed by atoms with Crippen molar-refractivity contribution in [3.05, 3.63) is 53.5 Å². The number of amides is 2. The molecular weight excluding hydrogens is 514 g/mol. The molecule has 38 heavy (non-hydrogen) atoms. The largest absolute Gasteiger partial charge is 0.496 e. The van der Waals surface area contributed by atoms with Crippen molar-refractivity contribution in [1.29, 1.82) is 0 Å². The number of hydrogen-bond acceptors (Lipinski definition) is 7. The summed E-state index contributed by atoms with van der Waals surface area (Å²) >= 11 is 1.27. The lowest BCUT2D eigenvalue weighted by Gasteiger charge is -2.15. The number of hydrazone groups is 1. The number of alkyl halides is 2. The molecule has 196 valence electrons.